The van der Waals surface area contributed by atoms with Crippen molar-refractivity contribution in [2.45, 2.75) is 65.6 Å². The molecule has 0 bridgehead atoms. The average Bonchev–Trinajstić information content (AvgIpc) is 2.41. The summed E-state index contributed by atoms with van der Waals surface area (Å²) in [4.78, 5) is 12.0. The van der Waals surface area contributed by atoms with Crippen molar-refractivity contribution in [1.29, 1.82) is 0 Å². The van der Waals surface area contributed by atoms with Crippen molar-refractivity contribution in [2.75, 3.05) is 13.2 Å². The predicted molar refractivity (Wildman–Crippen MR) is 79.4 cm³/mol. The molecule has 0 N–H and O–H groups in total. The van der Waals surface area contributed by atoms with E-state index in [4.69, 9.17) is 9.47 Å². The molecule has 1 aliphatic carbocycles. The number of ether oxygens (including phenoxy) is 2. The van der Waals surface area contributed by atoms with Crippen molar-refractivity contribution in [1.82, 2.24) is 0 Å². The van der Waals surface area contributed by atoms with Gasteiger partial charge in [-0.1, -0.05) is 32.4 Å². The lowest BCUT2D eigenvalue weighted by molar-refractivity contribution is -0.165. The minimum Gasteiger partial charge on any atom is -0.353 e. The van der Waals surface area contributed by atoms with E-state index in [0.717, 1.165) is 32.3 Å². The Labute approximate surface area is 122 Å². The van der Waals surface area contributed by atoms with Crippen LogP contribution < -0.4 is 0 Å². The van der Waals surface area contributed by atoms with Crippen LogP contribution in [-0.2, 0) is 14.3 Å². The third-order valence-electron chi connectivity index (χ3n) is 4.34. The lowest BCUT2D eigenvalue weighted by atomic mass is 9.75. The van der Waals surface area contributed by atoms with Crippen molar-refractivity contribution in [3.63, 3.8) is 0 Å². The highest BCUT2D eigenvalue weighted by atomic mass is 16.7. The lowest BCUT2D eigenvalue weighted by Gasteiger charge is -2.30. The quantitative estimate of drug-likeness (QED) is 0.733. The minimum absolute atomic E-state index is 0.0416. The Morgan fingerprint density at radius 1 is 1.35 bits per heavy atom. The van der Waals surface area contributed by atoms with Crippen LogP contribution in [0.25, 0.3) is 0 Å². The molecule has 0 aromatic heterocycles. The molecule has 114 valence electrons. The number of rotatable bonds is 4. The minimum atomic E-state index is -0.0416. The Hall–Kier alpha value is -0.670. The Morgan fingerprint density at radius 3 is 2.80 bits per heavy atom. The molecule has 2 atom stereocenters. The molecule has 1 aliphatic heterocycles. The van der Waals surface area contributed by atoms with Crippen LogP contribution in [0.1, 0.15) is 59.3 Å². The third kappa shape index (κ3) is 4.42. The van der Waals surface area contributed by atoms with Gasteiger partial charge >= 0.3 is 0 Å². The number of carbonyl (C=O) groups excluding carboxylic acids is 1. The second-order valence-electron chi connectivity index (χ2n) is 7.01. The molecular weight excluding hydrogens is 252 g/mol. The van der Waals surface area contributed by atoms with Crippen LogP contribution in [0.5, 0.6) is 0 Å². The Kier molecular flexibility index (Phi) is 5.39. The van der Waals surface area contributed by atoms with Gasteiger partial charge in [0.2, 0.25) is 0 Å². The maximum atomic E-state index is 12.0. The van der Waals surface area contributed by atoms with Crippen molar-refractivity contribution >= 4 is 5.78 Å². The van der Waals surface area contributed by atoms with Crippen molar-refractivity contribution in [2.24, 2.45) is 11.3 Å². The second-order valence-corrected chi connectivity index (χ2v) is 7.01. The van der Waals surface area contributed by atoms with Crippen molar-refractivity contribution in [3.8, 4) is 0 Å². The number of carbonyl (C=O) groups is 1. The van der Waals surface area contributed by atoms with E-state index >= 15 is 0 Å². The van der Waals surface area contributed by atoms with Gasteiger partial charge in [-0.05, 0) is 37.5 Å². The molecule has 3 nitrogen and oxygen atoms in total. The molecular formula is C17H28O3. The number of ketones is 1. The SMILES string of the molecule is CC(C)(C)C1=CCC(=O)C(CCOC2CCCCO2)C1. The summed E-state index contributed by atoms with van der Waals surface area (Å²) < 4.78 is 11.3. The second kappa shape index (κ2) is 6.86. The molecule has 0 spiro atoms. The monoisotopic (exact) mass is 280 g/mol. The molecule has 1 heterocycles. The van der Waals surface area contributed by atoms with E-state index in [2.05, 4.69) is 26.8 Å². The maximum Gasteiger partial charge on any atom is 0.157 e. The summed E-state index contributed by atoms with van der Waals surface area (Å²) in [5, 5.41) is 0. The number of allylic oxidation sites excluding steroid dienone is 2. The summed E-state index contributed by atoms with van der Waals surface area (Å²) in [6.45, 7) is 8.11. The molecule has 20 heavy (non-hydrogen) atoms. The van der Waals surface area contributed by atoms with Gasteiger partial charge in [0.15, 0.2) is 6.29 Å². The summed E-state index contributed by atoms with van der Waals surface area (Å²) in [5.41, 5.74) is 1.59. The normalized spacial score (nSPS) is 28.4. The largest absolute Gasteiger partial charge is 0.353 e. The van der Waals surface area contributed by atoms with Gasteiger partial charge < -0.3 is 9.47 Å². The molecule has 1 fully saturated rings. The van der Waals surface area contributed by atoms with E-state index in [1.165, 1.54) is 12.0 Å². The summed E-state index contributed by atoms with van der Waals surface area (Å²) >= 11 is 0. The zero-order chi connectivity index (χ0) is 14.6. The van der Waals surface area contributed by atoms with Crippen molar-refractivity contribution < 1.29 is 14.3 Å². The van der Waals surface area contributed by atoms with E-state index in [1.807, 2.05) is 0 Å². The van der Waals surface area contributed by atoms with Gasteiger partial charge in [-0.15, -0.1) is 0 Å². The standard InChI is InChI=1S/C17H28O3/c1-17(2,3)14-7-8-15(18)13(12-14)9-11-20-16-6-4-5-10-19-16/h7,13,16H,4-6,8-12H2,1-3H3. The molecule has 2 rings (SSSR count). The van der Waals surface area contributed by atoms with Crippen LogP contribution in [0.15, 0.2) is 11.6 Å². The van der Waals surface area contributed by atoms with E-state index in [1.54, 1.807) is 0 Å². The molecule has 2 aliphatic rings. The van der Waals surface area contributed by atoms with E-state index in [0.29, 0.717) is 18.8 Å². The fraction of sp³-hybridized carbons (Fsp3) is 0.824. The highest BCUT2D eigenvalue weighted by Gasteiger charge is 2.28. The molecule has 1 saturated heterocycles. The van der Waals surface area contributed by atoms with Gasteiger partial charge in [-0.25, -0.2) is 0 Å². The van der Waals surface area contributed by atoms with Gasteiger partial charge in [0.25, 0.3) is 0 Å². The van der Waals surface area contributed by atoms with Crippen LogP contribution in [0.2, 0.25) is 0 Å². The molecule has 3 heteroatoms. The summed E-state index contributed by atoms with van der Waals surface area (Å²) in [6, 6.07) is 0. The Bertz CT molecular complexity index is 359. The topological polar surface area (TPSA) is 35.5 Å². The molecule has 0 saturated carbocycles. The molecule has 2 unspecified atom stereocenters. The van der Waals surface area contributed by atoms with Crippen LogP contribution >= 0.6 is 0 Å². The fourth-order valence-electron chi connectivity index (χ4n) is 2.91. The summed E-state index contributed by atoms with van der Waals surface area (Å²) in [5.74, 6) is 0.504. The number of hydrogen-bond donors (Lipinski definition) is 0. The zero-order valence-electron chi connectivity index (χ0n) is 13.1. The number of Topliss-reactive ketones (excluding diaryl/α,β-unsaturated/α-hetero) is 1. The van der Waals surface area contributed by atoms with Crippen molar-refractivity contribution in [3.05, 3.63) is 11.6 Å². The first-order valence-corrected chi connectivity index (χ1v) is 7.92. The number of hydrogen-bond acceptors (Lipinski definition) is 3. The molecule has 0 radical (unpaired) electrons. The first-order chi connectivity index (χ1) is 9.47. The zero-order valence-corrected chi connectivity index (χ0v) is 13.1. The highest BCUT2D eigenvalue weighted by Crippen LogP contribution is 2.35. The van der Waals surface area contributed by atoms with Crippen LogP contribution in [0.3, 0.4) is 0 Å². The van der Waals surface area contributed by atoms with E-state index < -0.39 is 0 Å². The maximum absolute atomic E-state index is 12.0. The Morgan fingerprint density at radius 2 is 2.15 bits per heavy atom. The van der Waals surface area contributed by atoms with Gasteiger partial charge in [-0.3, -0.25) is 4.79 Å². The first-order valence-electron chi connectivity index (χ1n) is 7.92. The Balaban J connectivity index is 1.77. The van der Waals surface area contributed by atoms with Gasteiger partial charge in [0.1, 0.15) is 5.78 Å². The van der Waals surface area contributed by atoms with Crippen LogP contribution in [0.4, 0.5) is 0 Å². The van der Waals surface area contributed by atoms with Gasteiger partial charge in [0, 0.05) is 18.9 Å². The summed E-state index contributed by atoms with van der Waals surface area (Å²) in [7, 11) is 0. The highest BCUT2D eigenvalue weighted by molar-refractivity contribution is 5.84. The molecule has 0 aromatic carbocycles. The fourth-order valence-corrected chi connectivity index (χ4v) is 2.91. The van der Waals surface area contributed by atoms with Crippen LogP contribution in [0, 0.1) is 11.3 Å². The summed E-state index contributed by atoms with van der Waals surface area (Å²) in [6.07, 6.45) is 7.72. The smallest absolute Gasteiger partial charge is 0.157 e. The lowest BCUT2D eigenvalue weighted by Crippen LogP contribution is -2.27. The van der Waals surface area contributed by atoms with E-state index in [9.17, 15) is 4.79 Å². The predicted octanol–water partition coefficient (Wildman–Crippen LogP) is 3.87. The third-order valence-corrected chi connectivity index (χ3v) is 4.34. The van der Waals surface area contributed by atoms with Crippen LogP contribution in [-0.4, -0.2) is 25.3 Å². The molecule has 0 amide bonds. The van der Waals surface area contributed by atoms with Gasteiger partial charge in [0.05, 0.1) is 6.61 Å². The van der Waals surface area contributed by atoms with Gasteiger partial charge in [-0.2, -0.15) is 0 Å². The average molecular weight is 280 g/mol. The first kappa shape index (κ1) is 15.7. The van der Waals surface area contributed by atoms with E-state index in [-0.39, 0.29) is 17.6 Å². The molecule has 0 aromatic rings.